The van der Waals surface area contributed by atoms with Gasteiger partial charge in [0.25, 0.3) is 0 Å². The molecule has 0 bridgehead atoms. The fourth-order valence-electron chi connectivity index (χ4n) is 1.92. The number of hydrogen-bond donors (Lipinski definition) is 1. The Morgan fingerprint density at radius 1 is 0.833 bits per heavy atom. The van der Waals surface area contributed by atoms with Gasteiger partial charge in [0.1, 0.15) is 0 Å². The van der Waals surface area contributed by atoms with E-state index in [9.17, 15) is 0 Å². The Hall–Kier alpha value is -1.31. The van der Waals surface area contributed by atoms with Crippen LogP contribution in [-0.4, -0.2) is 0 Å². The van der Waals surface area contributed by atoms with Crippen molar-refractivity contribution in [1.29, 1.82) is 0 Å². The highest BCUT2D eigenvalue weighted by Gasteiger charge is 1.99. The molecule has 2 N–H and O–H groups in total. The highest BCUT2D eigenvalue weighted by molar-refractivity contribution is 5.85. The van der Waals surface area contributed by atoms with Gasteiger partial charge in [0.2, 0.25) is 0 Å². The van der Waals surface area contributed by atoms with E-state index in [1.807, 2.05) is 6.92 Å². The summed E-state index contributed by atoms with van der Waals surface area (Å²) in [5.41, 5.74) is 9.80. The van der Waals surface area contributed by atoms with Gasteiger partial charge in [-0.15, -0.1) is 12.4 Å². The Bertz CT molecular complexity index is 448. The number of nitrogens with two attached hydrogens (primary N) is 1. The van der Waals surface area contributed by atoms with Crippen LogP contribution in [0.3, 0.4) is 0 Å². The SMILES string of the molecule is CC(N)c1ccc(CCc2ccccc2)cc1.Cl. The van der Waals surface area contributed by atoms with Gasteiger partial charge in [0, 0.05) is 6.04 Å². The van der Waals surface area contributed by atoms with Gasteiger partial charge in [0.05, 0.1) is 0 Å². The third kappa shape index (κ3) is 4.17. The molecule has 0 saturated carbocycles. The summed E-state index contributed by atoms with van der Waals surface area (Å²) in [5.74, 6) is 0. The molecule has 2 aromatic carbocycles. The van der Waals surface area contributed by atoms with E-state index in [1.54, 1.807) is 0 Å². The maximum absolute atomic E-state index is 5.83. The van der Waals surface area contributed by atoms with E-state index in [0.29, 0.717) is 0 Å². The zero-order chi connectivity index (χ0) is 12.1. The lowest BCUT2D eigenvalue weighted by atomic mass is 10.0. The van der Waals surface area contributed by atoms with E-state index in [-0.39, 0.29) is 18.4 Å². The predicted octanol–water partition coefficient (Wildman–Crippen LogP) is 3.91. The highest BCUT2D eigenvalue weighted by atomic mass is 35.5. The quantitative estimate of drug-likeness (QED) is 0.887. The summed E-state index contributed by atoms with van der Waals surface area (Å²) in [5, 5.41) is 0. The van der Waals surface area contributed by atoms with Crippen LogP contribution in [0.2, 0.25) is 0 Å². The molecule has 2 rings (SSSR count). The number of hydrogen-bond acceptors (Lipinski definition) is 1. The standard InChI is InChI=1S/C16H19N.ClH/c1-13(17)16-11-9-15(10-12-16)8-7-14-5-3-2-4-6-14;/h2-6,9-13H,7-8,17H2,1H3;1H. The third-order valence-corrected chi connectivity index (χ3v) is 3.05. The normalized spacial score (nSPS) is 11.7. The molecule has 2 aromatic rings. The zero-order valence-electron chi connectivity index (χ0n) is 10.7. The van der Waals surface area contributed by atoms with Gasteiger partial charge in [-0.1, -0.05) is 54.6 Å². The van der Waals surface area contributed by atoms with E-state index < -0.39 is 0 Å². The van der Waals surface area contributed by atoms with Crippen molar-refractivity contribution < 1.29 is 0 Å². The van der Waals surface area contributed by atoms with Crippen LogP contribution in [0.15, 0.2) is 54.6 Å². The molecule has 0 radical (unpaired) electrons. The molecular weight excluding hydrogens is 242 g/mol. The second-order valence-electron chi connectivity index (χ2n) is 4.52. The van der Waals surface area contributed by atoms with Gasteiger partial charge >= 0.3 is 0 Å². The third-order valence-electron chi connectivity index (χ3n) is 3.05. The van der Waals surface area contributed by atoms with E-state index in [1.165, 1.54) is 16.7 Å². The minimum atomic E-state index is 0. The second-order valence-corrected chi connectivity index (χ2v) is 4.52. The van der Waals surface area contributed by atoms with Gasteiger partial charge in [-0.05, 0) is 36.5 Å². The summed E-state index contributed by atoms with van der Waals surface area (Å²) in [4.78, 5) is 0. The first-order valence-corrected chi connectivity index (χ1v) is 6.14. The summed E-state index contributed by atoms with van der Waals surface area (Å²) in [6.45, 7) is 2.01. The first-order chi connectivity index (χ1) is 8.25. The van der Waals surface area contributed by atoms with Crippen molar-refractivity contribution in [2.45, 2.75) is 25.8 Å². The van der Waals surface area contributed by atoms with Crippen molar-refractivity contribution in [2.75, 3.05) is 0 Å². The Labute approximate surface area is 115 Å². The van der Waals surface area contributed by atoms with Crippen LogP contribution in [0.25, 0.3) is 0 Å². The maximum Gasteiger partial charge on any atom is 0.0266 e. The van der Waals surface area contributed by atoms with Gasteiger partial charge in [0.15, 0.2) is 0 Å². The molecule has 0 saturated heterocycles. The van der Waals surface area contributed by atoms with E-state index >= 15 is 0 Å². The lowest BCUT2D eigenvalue weighted by Gasteiger charge is -2.07. The van der Waals surface area contributed by atoms with Crippen molar-refractivity contribution in [1.82, 2.24) is 0 Å². The molecule has 0 aliphatic carbocycles. The highest BCUT2D eigenvalue weighted by Crippen LogP contribution is 2.12. The Balaban J connectivity index is 0.00000162. The van der Waals surface area contributed by atoms with Crippen LogP contribution in [0, 0.1) is 0 Å². The molecule has 0 aliphatic rings. The largest absolute Gasteiger partial charge is 0.324 e. The molecule has 0 aromatic heterocycles. The number of rotatable bonds is 4. The summed E-state index contributed by atoms with van der Waals surface area (Å²) in [6, 6.07) is 19.3. The van der Waals surface area contributed by atoms with Crippen molar-refractivity contribution in [3.8, 4) is 0 Å². The molecule has 1 unspecified atom stereocenters. The summed E-state index contributed by atoms with van der Waals surface area (Å²) in [7, 11) is 0. The van der Waals surface area contributed by atoms with Crippen molar-refractivity contribution in [3.05, 3.63) is 71.3 Å². The lowest BCUT2D eigenvalue weighted by molar-refractivity contribution is 0.816. The number of halogens is 1. The molecular formula is C16H20ClN. The van der Waals surface area contributed by atoms with Crippen molar-refractivity contribution >= 4 is 12.4 Å². The van der Waals surface area contributed by atoms with Gasteiger partial charge < -0.3 is 5.73 Å². The fourth-order valence-corrected chi connectivity index (χ4v) is 1.92. The molecule has 0 heterocycles. The Kier molecular flexibility index (Phi) is 5.90. The Morgan fingerprint density at radius 2 is 1.33 bits per heavy atom. The molecule has 96 valence electrons. The monoisotopic (exact) mass is 261 g/mol. The van der Waals surface area contributed by atoms with Gasteiger partial charge in [-0.2, -0.15) is 0 Å². The van der Waals surface area contributed by atoms with Crippen molar-refractivity contribution in [3.63, 3.8) is 0 Å². The average molecular weight is 262 g/mol. The van der Waals surface area contributed by atoms with Crippen molar-refractivity contribution in [2.24, 2.45) is 5.73 Å². The minimum Gasteiger partial charge on any atom is -0.324 e. The Morgan fingerprint density at radius 3 is 1.83 bits per heavy atom. The first kappa shape index (κ1) is 14.7. The second kappa shape index (κ2) is 7.20. The zero-order valence-corrected chi connectivity index (χ0v) is 11.5. The smallest absolute Gasteiger partial charge is 0.0266 e. The van der Waals surface area contributed by atoms with Crippen LogP contribution in [0.4, 0.5) is 0 Å². The molecule has 0 amide bonds. The molecule has 0 aliphatic heterocycles. The molecule has 0 spiro atoms. The summed E-state index contributed by atoms with van der Waals surface area (Å²) >= 11 is 0. The molecule has 0 fully saturated rings. The summed E-state index contributed by atoms with van der Waals surface area (Å²) < 4.78 is 0. The minimum absolute atomic E-state index is 0. The van der Waals surface area contributed by atoms with Crippen LogP contribution in [-0.2, 0) is 12.8 Å². The van der Waals surface area contributed by atoms with Crippen LogP contribution < -0.4 is 5.73 Å². The fraction of sp³-hybridized carbons (Fsp3) is 0.250. The lowest BCUT2D eigenvalue weighted by Crippen LogP contribution is -2.04. The van der Waals surface area contributed by atoms with E-state index in [0.717, 1.165) is 12.8 Å². The van der Waals surface area contributed by atoms with Gasteiger partial charge in [-0.25, -0.2) is 0 Å². The van der Waals surface area contributed by atoms with E-state index in [4.69, 9.17) is 5.73 Å². The van der Waals surface area contributed by atoms with E-state index in [2.05, 4.69) is 54.6 Å². The van der Waals surface area contributed by atoms with Crippen LogP contribution in [0.1, 0.15) is 29.7 Å². The molecule has 2 heteroatoms. The molecule has 1 atom stereocenters. The van der Waals surface area contributed by atoms with Gasteiger partial charge in [-0.3, -0.25) is 0 Å². The number of benzene rings is 2. The topological polar surface area (TPSA) is 26.0 Å². The molecule has 18 heavy (non-hydrogen) atoms. The number of aryl methyl sites for hydroxylation is 2. The first-order valence-electron chi connectivity index (χ1n) is 6.14. The van der Waals surface area contributed by atoms with Crippen LogP contribution in [0.5, 0.6) is 0 Å². The maximum atomic E-state index is 5.83. The molecule has 1 nitrogen and oxygen atoms in total. The van der Waals surface area contributed by atoms with Crippen LogP contribution >= 0.6 is 12.4 Å². The average Bonchev–Trinajstić information content (AvgIpc) is 2.38. The predicted molar refractivity (Wildman–Crippen MR) is 80.1 cm³/mol. The summed E-state index contributed by atoms with van der Waals surface area (Å²) in [6.07, 6.45) is 2.18.